The molecule has 1 heterocycles. The van der Waals surface area contributed by atoms with Crippen LogP contribution >= 0.6 is 0 Å². The highest BCUT2D eigenvalue weighted by Gasteiger charge is 2.32. The van der Waals surface area contributed by atoms with Gasteiger partial charge < -0.3 is 10.2 Å². The number of likely N-dealkylation sites (tertiary alicyclic amines) is 1. The summed E-state index contributed by atoms with van der Waals surface area (Å²) in [4.78, 5) is 24.3. The quantitative estimate of drug-likeness (QED) is 0.826. The van der Waals surface area contributed by atoms with Crippen molar-refractivity contribution in [3.05, 3.63) is 29.8 Å². The number of carbonyl (C=O) groups excluding carboxylic acids is 2. The van der Waals surface area contributed by atoms with Crippen LogP contribution in [0, 0.1) is 5.92 Å². The maximum atomic E-state index is 12.7. The Labute approximate surface area is 128 Å². The van der Waals surface area contributed by atoms with Gasteiger partial charge >= 0.3 is 10.2 Å². The average molecular weight is 328 g/mol. The third kappa shape index (κ3) is 4.80. The molecule has 1 aliphatic rings. The third-order valence-electron chi connectivity index (χ3n) is 3.38. The first-order valence-electron chi connectivity index (χ1n) is 6.79. The molecule has 22 heavy (non-hydrogen) atoms. The Balaban J connectivity index is 1.96. The Kier molecular flexibility index (Phi) is 4.80. The number of hydrogen-bond acceptors (Lipinski definition) is 4. The molecule has 6 nitrogen and oxygen atoms in total. The minimum Gasteiger partial charge on any atom is -0.338 e. The van der Waals surface area contributed by atoms with Crippen molar-refractivity contribution in [1.82, 2.24) is 4.90 Å². The Morgan fingerprint density at radius 2 is 2.00 bits per heavy atom. The van der Waals surface area contributed by atoms with Crippen LogP contribution in [-0.2, 0) is 26.4 Å². The van der Waals surface area contributed by atoms with Crippen LogP contribution in [0.1, 0.15) is 18.9 Å². The number of nitrogens with zero attached hydrogens (tertiary/aromatic N) is 1. The number of nitrogens with one attached hydrogen (secondary N) is 1. The van der Waals surface area contributed by atoms with E-state index in [1.807, 2.05) is 0 Å². The first kappa shape index (κ1) is 16.4. The minimum absolute atomic E-state index is 0.0487. The van der Waals surface area contributed by atoms with Crippen molar-refractivity contribution in [3.8, 4) is 0 Å². The molecule has 1 saturated heterocycles. The fourth-order valence-electron chi connectivity index (χ4n) is 2.52. The van der Waals surface area contributed by atoms with E-state index in [-0.39, 0.29) is 24.8 Å². The molecule has 2 rings (SSSR count). The zero-order chi connectivity index (χ0) is 16.3. The summed E-state index contributed by atoms with van der Waals surface area (Å²) in [6, 6.07) is 7.00. The van der Waals surface area contributed by atoms with Crippen LogP contribution in [0.3, 0.4) is 0 Å². The maximum Gasteiger partial charge on any atom is 0.302 e. The fraction of sp³-hybridized carbons (Fsp3) is 0.429. The zero-order valence-electron chi connectivity index (χ0n) is 12.1. The van der Waals surface area contributed by atoms with Crippen LogP contribution in [0.15, 0.2) is 24.3 Å². The fourth-order valence-corrected chi connectivity index (χ4v) is 3.30. The number of carbonyl (C=O) groups is 2. The summed E-state index contributed by atoms with van der Waals surface area (Å²) in [5.41, 5.74) is 1.51. The molecule has 1 atom stereocenters. The lowest BCUT2D eigenvalue weighted by atomic mass is 10.1. The summed E-state index contributed by atoms with van der Waals surface area (Å²) in [6.07, 6.45) is 0.0487. The largest absolute Gasteiger partial charge is 0.338 e. The first-order valence-corrected chi connectivity index (χ1v) is 8.35. The predicted octanol–water partition coefficient (Wildman–Crippen LogP) is 1.29. The molecule has 1 aromatic carbocycles. The highest BCUT2D eigenvalue weighted by molar-refractivity contribution is 7.86. The van der Waals surface area contributed by atoms with E-state index < -0.39 is 21.9 Å². The zero-order valence-corrected chi connectivity index (χ0v) is 12.9. The summed E-state index contributed by atoms with van der Waals surface area (Å²) in [5, 5.41) is 2.64. The average Bonchev–Trinajstić information content (AvgIpc) is 2.69. The van der Waals surface area contributed by atoms with E-state index in [4.69, 9.17) is 0 Å². The van der Waals surface area contributed by atoms with Crippen molar-refractivity contribution in [3.63, 3.8) is 0 Å². The molecule has 1 N–H and O–H groups in total. The summed E-state index contributed by atoms with van der Waals surface area (Å²) in [7, 11) is -4.56. The Morgan fingerprint density at radius 3 is 2.55 bits per heavy atom. The predicted molar refractivity (Wildman–Crippen MR) is 79.2 cm³/mol. The van der Waals surface area contributed by atoms with Crippen molar-refractivity contribution < 1.29 is 21.9 Å². The molecule has 120 valence electrons. The van der Waals surface area contributed by atoms with E-state index in [0.717, 1.165) is 5.56 Å². The van der Waals surface area contributed by atoms with E-state index in [2.05, 4.69) is 5.32 Å². The van der Waals surface area contributed by atoms with Gasteiger partial charge in [0.2, 0.25) is 11.8 Å². The van der Waals surface area contributed by atoms with Crippen LogP contribution in [-0.4, -0.2) is 37.4 Å². The smallest absolute Gasteiger partial charge is 0.302 e. The highest BCUT2D eigenvalue weighted by atomic mass is 32.3. The van der Waals surface area contributed by atoms with Crippen molar-refractivity contribution in [2.45, 2.75) is 19.9 Å². The number of rotatable bonds is 5. The Hall–Kier alpha value is -1.96. The molecule has 0 aliphatic carbocycles. The maximum absolute atomic E-state index is 12.7. The molecule has 1 unspecified atom stereocenters. The van der Waals surface area contributed by atoms with Gasteiger partial charge in [-0.05, 0) is 17.7 Å². The van der Waals surface area contributed by atoms with Gasteiger partial charge in [0, 0.05) is 38.0 Å². The van der Waals surface area contributed by atoms with Crippen LogP contribution in [0.25, 0.3) is 0 Å². The van der Waals surface area contributed by atoms with Crippen LogP contribution < -0.4 is 5.32 Å². The molecule has 0 radical (unpaired) electrons. The van der Waals surface area contributed by atoms with Crippen LogP contribution in [0.2, 0.25) is 0 Å². The monoisotopic (exact) mass is 328 g/mol. The number of benzene rings is 1. The number of amides is 2. The summed E-state index contributed by atoms with van der Waals surface area (Å²) < 4.78 is 34.0. The molecule has 0 bridgehead atoms. The highest BCUT2D eigenvalue weighted by Crippen LogP contribution is 2.22. The molecule has 1 fully saturated rings. The molecular formula is C14H17FN2O4S. The summed E-state index contributed by atoms with van der Waals surface area (Å²) in [6.45, 7) is 1.98. The van der Waals surface area contributed by atoms with E-state index in [1.54, 1.807) is 24.3 Å². The van der Waals surface area contributed by atoms with Gasteiger partial charge in [0.1, 0.15) is 0 Å². The first-order chi connectivity index (χ1) is 10.2. The Bertz CT molecular complexity index is 673. The lowest BCUT2D eigenvalue weighted by Crippen LogP contribution is -2.25. The van der Waals surface area contributed by atoms with Gasteiger partial charge in [0.05, 0.1) is 5.75 Å². The molecule has 0 aromatic heterocycles. The SMILES string of the molecule is CC(=O)Nc1ccc(CN2CC(CS(=O)(=O)F)CC2=O)cc1. The lowest BCUT2D eigenvalue weighted by Gasteiger charge is -2.16. The van der Waals surface area contributed by atoms with E-state index >= 15 is 0 Å². The molecule has 0 spiro atoms. The summed E-state index contributed by atoms with van der Waals surface area (Å²) >= 11 is 0. The summed E-state index contributed by atoms with van der Waals surface area (Å²) in [5.74, 6) is -1.46. The van der Waals surface area contributed by atoms with Gasteiger partial charge in [0.15, 0.2) is 0 Å². The van der Waals surface area contributed by atoms with E-state index in [9.17, 15) is 21.9 Å². The number of hydrogen-bond donors (Lipinski definition) is 1. The molecule has 8 heteroatoms. The molecule has 1 aromatic rings. The second-order valence-electron chi connectivity index (χ2n) is 5.43. The molecular weight excluding hydrogens is 311 g/mol. The van der Waals surface area contributed by atoms with Gasteiger partial charge in [-0.2, -0.15) is 8.42 Å². The van der Waals surface area contributed by atoms with Crippen molar-refractivity contribution in [1.29, 1.82) is 0 Å². The van der Waals surface area contributed by atoms with Gasteiger partial charge in [-0.3, -0.25) is 9.59 Å². The molecule has 0 saturated carbocycles. The van der Waals surface area contributed by atoms with Crippen molar-refractivity contribution in [2.75, 3.05) is 17.6 Å². The second-order valence-corrected chi connectivity index (χ2v) is 6.84. The molecule has 2 amide bonds. The van der Waals surface area contributed by atoms with E-state index in [0.29, 0.717) is 12.2 Å². The van der Waals surface area contributed by atoms with Gasteiger partial charge in [-0.1, -0.05) is 12.1 Å². The number of anilines is 1. The standard InChI is InChI=1S/C14H17FN2O4S/c1-10(18)16-13-4-2-11(3-5-13)7-17-8-12(6-14(17)19)9-22(15,20)21/h2-5,12H,6-9H2,1H3,(H,16,18). The van der Waals surface area contributed by atoms with Gasteiger partial charge in [-0.25, -0.2) is 0 Å². The Morgan fingerprint density at radius 1 is 1.36 bits per heavy atom. The van der Waals surface area contributed by atoms with Crippen LogP contribution in [0.4, 0.5) is 9.57 Å². The van der Waals surface area contributed by atoms with E-state index in [1.165, 1.54) is 11.8 Å². The third-order valence-corrected chi connectivity index (χ3v) is 4.25. The topological polar surface area (TPSA) is 83.6 Å². The molecule has 1 aliphatic heterocycles. The lowest BCUT2D eigenvalue weighted by molar-refractivity contribution is -0.128. The van der Waals surface area contributed by atoms with Crippen molar-refractivity contribution >= 4 is 27.7 Å². The number of halogens is 1. The van der Waals surface area contributed by atoms with Gasteiger partial charge in [0.25, 0.3) is 0 Å². The van der Waals surface area contributed by atoms with Crippen molar-refractivity contribution in [2.24, 2.45) is 5.92 Å². The van der Waals surface area contributed by atoms with Gasteiger partial charge in [-0.15, -0.1) is 3.89 Å². The minimum atomic E-state index is -4.56. The van der Waals surface area contributed by atoms with Crippen LogP contribution in [0.5, 0.6) is 0 Å². The normalized spacial score (nSPS) is 18.5. The second kappa shape index (κ2) is 6.43.